The SMILES string of the molecule is COC1=NSC(Cc2ccc(Br)cc2)C(C)(C)O1. The number of hydrogen-bond donors (Lipinski definition) is 0. The number of rotatable bonds is 2. The van der Waals surface area contributed by atoms with Crippen LogP contribution in [0.3, 0.4) is 0 Å². The maximum Gasteiger partial charge on any atom is 0.395 e. The molecule has 0 spiro atoms. The molecule has 0 radical (unpaired) electrons. The zero-order chi connectivity index (χ0) is 13.2. The van der Waals surface area contributed by atoms with Crippen LogP contribution >= 0.6 is 27.9 Å². The van der Waals surface area contributed by atoms with Crippen molar-refractivity contribution in [1.82, 2.24) is 0 Å². The molecular weight excluding hydrogens is 314 g/mol. The zero-order valence-electron chi connectivity index (χ0n) is 10.6. The molecule has 1 atom stereocenters. The van der Waals surface area contributed by atoms with E-state index in [1.54, 1.807) is 7.11 Å². The fourth-order valence-electron chi connectivity index (χ4n) is 1.74. The molecule has 1 aliphatic heterocycles. The van der Waals surface area contributed by atoms with Crippen LogP contribution in [0, 0.1) is 0 Å². The third kappa shape index (κ3) is 3.20. The predicted molar refractivity (Wildman–Crippen MR) is 78.8 cm³/mol. The van der Waals surface area contributed by atoms with Crippen molar-refractivity contribution in [2.75, 3.05) is 7.11 Å². The first-order valence-electron chi connectivity index (χ1n) is 5.72. The van der Waals surface area contributed by atoms with E-state index < -0.39 is 0 Å². The van der Waals surface area contributed by atoms with Gasteiger partial charge in [0.2, 0.25) is 0 Å². The minimum atomic E-state index is -0.287. The zero-order valence-corrected chi connectivity index (χ0v) is 13.0. The highest BCUT2D eigenvalue weighted by Crippen LogP contribution is 2.35. The Morgan fingerprint density at radius 1 is 1.39 bits per heavy atom. The van der Waals surface area contributed by atoms with Crippen molar-refractivity contribution in [3.63, 3.8) is 0 Å². The van der Waals surface area contributed by atoms with E-state index in [4.69, 9.17) is 9.47 Å². The molecule has 0 saturated carbocycles. The molecule has 0 aromatic heterocycles. The van der Waals surface area contributed by atoms with Gasteiger partial charge in [-0.2, -0.15) is 0 Å². The van der Waals surface area contributed by atoms with Gasteiger partial charge in [0, 0.05) is 4.47 Å². The normalized spacial score (nSPS) is 22.0. The first kappa shape index (κ1) is 13.7. The molecule has 1 aromatic rings. The van der Waals surface area contributed by atoms with E-state index in [1.807, 2.05) is 0 Å². The van der Waals surface area contributed by atoms with Crippen LogP contribution in [-0.2, 0) is 15.9 Å². The highest BCUT2D eigenvalue weighted by Gasteiger charge is 2.37. The molecule has 1 aromatic carbocycles. The summed E-state index contributed by atoms with van der Waals surface area (Å²) in [4.78, 5) is 0. The molecule has 1 heterocycles. The molecule has 0 N–H and O–H groups in total. The largest absolute Gasteiger partial charge is 0.453 e. The second kappa shape index (κ2) is 5.53. The first-order valence-corrected chi connectivity index (χ1v) is 7.35. The summed E-state index contributed by atoms with van der Waals surface area (Å²) in [7, 11) is 1.57. The Morgan fingerprint density at radius 2 is 2.06 bits per heavy atom. The van der Waals surface area contributed by atoms with Gasteiger partial charge in [0.15, 0.2) is 0 Å². The van der Waals surface area contributed by atoms with Crippen LogP contribution in [0.5, 0.6) is 0 Å². The molecule has 1 unspecified atom stereocenters. The maximum atomic E-state index is 5.73. The number of nitrogens with zero attached hydrogens (tertiary/aromatic N) is 1. The van der Waals surface area contributed by atoms with Crippen LogP contribution in [0.15, 0.2) is 33.1 Å². The van der Waals surface area contributed by atoms with E-state index in [-0.39, 0.29) is 10.9 Å². The lowest BCUT2D eigenvalue weighted by atomic mass is 9.98. The van der Waals surface area contributed by atoms with Crippen molar-refractivity contribution in [2.24, 2.45) is 4.40 Å². The summed E-state index contributed by atoms with van der Waals surface area (Å²) in [6.45, 7) is 4.13. The Labute approximate surface area is 120 Å². The lowest BCUT2D eigenvalue weighted by molar-refractivity contribution is 0.0481. The van der Waals surface area contributed by atoms with Gasteiger partial charge in [0.1, 0.15) is 5.60 Å². The van der Waals surface area contributed by atoms with Crippen molar-refractivity contribution in [2.45, 2.75) is 31.1 Å². The standard InChI is InChI=1S/C13H16BrNO2S/c1-13(2)11(18-15-12(16-3)17-13)8-9-4-6-10(14)7-5-9/h4-7,11H,8H2,1-3H3. The minimum Gasteiger partial charge on any atom is -0.453 e. The van der Waals surface area contributed by atoms with Gasteiger partial charge in [-0.05, 0) is 49.9 Å². The summed E-state index contributed by atoms with van der Waals surface area (Å²) in [5.74, 6) is 0. The third-order valence-corrected chi connectivity index (χ3v) is 4.66. The van der Waals surface area contributed by atoms with Crippen molar-refractivity contribution >= 4 is 34.0 Å². The summed E-state index contributed by atoms with van der Waals surface area (Å²) in [6, 6.07) is 8.35. The van der Waals surface area contributed by atoms with Crippen LogP contribution in [0.25, 0.3) is 0 Å². The summed E-state index contributed by atoms with van der Waals surface area (Å²) in [5, 5.41) is 0.276. The predicted octanol–water partition coefficient (Wildman–Crippen LogP) is 3.82. The maximum absolute atomic E-state index is 5.73. The van der Waals surface area contributed by atoms with Gasteiger partial charge in [0.05, 0.1) is 12.4 Å². The Balaban J connectivity index is 2.09. The highest BCUT2D eigenvalue weighted by molar-refractivity contribution is 9.10. The van der Waals surface area contributed by atoms with Gasteiger partial charge in [-0.15, -0.1) is 4.40 Å². The molecule has 1 aliphatic rings. The molecule has 98 valence electrons. The third-order valence-electron chi connectivity index (χ3n) is 2.89. The lowest BCUT2D eigenvalue weighted by Gasteiger charge is -2.35. The first-order chi connectivity index (χ1) is 8.51. The average molecular weight is 330 g/mol. The molecule has 3 nitrogen and oxygen atoms in total. The lowest BCUT2D eigenvalue weighted by Crippen LogP contribution is -2.42. The Morgan fingerprint density at radius 3 is 2.61 bits per heavy atom. The highest BCUT2D eigenvalue weighted by atomic mass is 79.9. The van der Waals surface area contributed by atoms with Gasteiger partial charge in [-0.1, -0.05) is 28.1 Å². The molecular formula is C13H16BrNO2S. The van der Waals surface area contributed by atoms with Gasteiger partial charge >= 0.3 is 6.08 Å². The van der Waals surface area contributed by atoms with Crippen LogP contribution < -0.4 is 0 Å². The molecule has 2 rings (SSSR count). The number of hydrogen-bond acceptors (Lipinski definition) is 4. The molecule has 18 heavy (non-hydrogen) atoms. The monoisotopic (exact) mass is 329 g/mol. The van der Waals surface area contributed by atoms with Crippen LogP contribution in [0.2, 0.25) is 0 Å². The van der Waals surface area contributed by atoms with Crippen LogP contribution in [0.4, 0.5) is 0 Å². The molecule has 5 heteroatoms. The molecule has 0 fully saturated rings. The van der Waals surface area contributed by atoms with Gasteiger partial charge in [0.25, 0.3) is 0 Å². The van der Waals surface area contributed by atoms with E-state index >= 15 is 0 Å². The van der Waals surface area contributed by atoms with E-state index in [1.165, 1.54) is 17.5 Å². The topological polar surface area (TPSA) is 30.8 Å². The van der Waals surface area contributed by atoms with E-state index in [0.29, 0.717) is 6.08 Å². The van der Waals surface area contributed by atoms with E-state index in [2.05, 4.69) is 58.4 Å². The number of halogens is 1. The fraction of sp³-hybridized carbons (Fsp3) is 0.462. The summed E-state index contributed by atoms with van der Waals surface area (Å²) in [6.07, 6.45) is 1.28. The van der Waals surface area contributed by atoms with Crippen LogP contribution in [0.1, 0.15) is 19.4 Å². The molecule has 0 saturated heterocycles. The quantitative estimate of drug-likeness (QED) is 0.773. The van der Waals surface area contributed by atoms with Crippen molar-refractivity contribution in [1.29, 1.82) is 0 Å². The second-order valence-corrected chi connectivity index (χ2v) is 6.57. The molecule has 0 aliphatic carbocycles. The summed E-state index contributed by atoms with van der Waals surface area (Å²) in [5.41, 5.74) is 0.994. The van der Waals surface area contributed by atoms with Crippen molar-refractivity contribution in [3.05, 3.63) is 34.3 Å². The fourth-order valence-corrected chi connectivity index (χ4v) is 2.90. The van der Waals surface area contributed by atoms with Crippen molar-refractivity contribution < 1.29 is 9.47 Å². The molecule has 0 amide bonds. The van der Waals surface area contributed by atoms with Crippen LogP contribution in [-0.4, -0.2) is 24.0 Å². The molecule has 0 bridgehead atoms. The van der Waals surface area contributed by atoms with Gasteiger partial charge < -0.3 is 9.47 Å². The minimum absolute atomic E-state index is 0.276. The second-order valence-electron chi connectivity index (χ2n) is 4.69. The summed E-state index contributed by atoms with van der Waals surface area (Å²) >= 11 is 4.97. The number of methoxy groups -OCH3 is 1. The van der Waals surface area contributed by atoms with E-state index in [9.17, 15) is 0 Å². The Kier molecular flexibility index (Phi) is 4.22. The average Bonchev–Trinajstić information content (AvgIpc) is 2.34. The van der Waals surface area contributed by atoms with Crippen molar-refractivity contribution in [3.8, 4) is 0 Å². The number of benzene rings is 1. The number of ether oxygens (including phenoxy) is 2. The van der Waals surface area contributed by atoms with Gasteiger partial charge in [-0.25, -0.2) is 0 Å². The Bertz CT molecular complexity index is 445. The Hall–Kier alpha value is -0.680. The van der Waals surface area contributed by atoms with E-state index in [0.717, 1.165) is 10.9 Å². The smallest absolute Gasteiger partial charge is 0.395 e. The van der Waals surface area contributed by atoms with Gasteiger partial charge in [-0.3, -0.25) is 0 Å². The summed E-state index contributed by atoms with van der Waals surface area (Å²) < 4.78 is 16.1.